The summed E-state index contributed by atoms with van der Waals surface area (Å²) >= 11 is 1.43. The summed E-state index contributed by atoms with van der Waals surface area (Å²) in [6, 6.07) is 9.60. The largest absolute Gasteiger partial charge is 0.463 e. The number of morpholine rings is 1. The smallest absolute Gasteiger partial charge is 0.294 e. The van der Waals surface area contributed by atoms with E-state index in [0.717, 1.165) is 23.8 Å². The number of aromatic nitrogens is 3. The second-order valence-electron chi connectivity index (χ2n) is 6.69. The molecule has 0 saturated carbocycles. The van der Waals surface area contributed by atoms with Crippen LogP contribution in [0.2, 0.25) is 0 Å². The fraction of sp³-hybridized carbons (Fsp3) is 0.250. The molecule has 1 saturated heterocycles. The molecule has 4 heterocycles. The van der Waals surface area contributed by atoms with E-state index in [2.05, 4.69) is 15.0 Å². The van der Waals surface area contributed by atoms with Gasteiger partial charge >= 0.3 is 0 Å². The Morgan fingerprint density at radius 2 is 1.93 bits per heavy atom. The van der Waals surface area contributed by atoms with Crippen molar-refractivity contribution in [3.05, 3.63) is 64.4 Å². The summed E-state index contributed by atoms with van der Waals surface area (Å²) in [6.45, 7) is 2.94. The molecular formula is C20H17FN4O3S. The SMILES string of the molecule is O=c1c2nc(N3CCOCC3)sc2c(-c2ccco2)nn1Cc1ccc(F)cc1. The minimum absolute atomic E-state index is 0.215. The quantitative estimate of drug-likeness (QED) is 0.513. The van der Waals surface area contributed by atoms with E-state index in [-0.39, 0.29) is 17.9 Å². The molecule has 1 fully saturated rings. The van der Waals surface area contributed by atoms with Crippen LogP contribution in [0.15, 0.2) is 51.9 Å². The summed E-state index contributed by atoms with van der Waals surface area (Å²) < 4.78 is 26.2. The summed E-state index contributed by atoms with van der Waals surface area (Å²) in [5.41, 5.74) is 1.42. The van der Waals surface area contributed by atoms with Gasteiger partial charge in [0, 0.05) is 13.1 Å². The number of rotatable bonds is 4. The van der Waals surface area contributed by atoms with Gasteiger partial charge in [0.15, 0.2) is 16.4 Å². The first kappa shape index (κ1) is 18.0. The van der Waals surface area contributed by atoms with Crippen LogP contribution in [0.1, 0.15) is 5.56 Å². The first-order valence-electron chi connectivity index (χ1n) is 9.22. The molecule has 0 aliphatic carbocycles. The molecule has 0 N–H and O–H groups in total. The summed E-state index contributed by atoms with van der Waals surface area (Å²) in [5.74, 6) is 0.246. The number of hydrogen-bond donors (Lipinski definition) is 0. The van der Waals surface area contributed by atoms with Crippen LogP contribution in [-0.4, -0.2) is 41.1 Å². The Kier molecular flexibility index (Phi) is 4.61. The maximum absolute atomic E-state index is 13.2. The first-order chi connectivity index (χ1) is 14.2. The third kappa shape index (κ3) is 3.43. The molecule has 148 valence electrons. The van der Waals surface area contributed by atoms with E-state index in [1.54, 1.807) is 24.5 Å². The van der Waals surface area contributed by atoms with Crippen molar-refractivity contribution in [2.75, 3.05) is 31.2 Å². The second-order valence-corrected chi connectivity index (χ2v) is 7.67. The molecule has 0 amide bonds. The van der Waals surface area contributed by atoms with Crippen LogP contribution in [-0.2, 0) is 11.3 Å². The summed E-state index contributed by atoms with van der Waals surface area (Å²) in [6.07, 6.45) is 1.57. The lowest BCUT2D eigenvalue weighted by Crippen LogP contribution is -2.36. The van der Waals surface area contributed by atoms with Crippen molar-refractivity contribution in [3.8, 4) is 11.5 Å². The zero-order valence-corrected chi connectivity index (χ0v) is 16.2. The van der Waals surface area contributed by atoms with E-state index in [1.807, 2.05) is 6.07 Å². The minimum Gasteiger partial charge on any atom is -0.463 e. The molecule has 0 radical (unpaired) electrons. The zero-order valence-electron chi connectivity index (χ0n) is 15.4. The molecule has 7 nitrogen and oxygen atoms in total. The Hall–Kier alpha value is -3.04. The van der Waals surface area contributed by atoms with E-state index in [0.29, 0.717) is 34.9 Å². The third-order valence-corrected chi connectivity index (χ3v) is 5.89. The molecule has 1 aliphatic rings. The number of thiazole rings is 1. The van der Waals surface area contributed by atoms with Crippen molar-refractivity contribution in [1.82, 2.24) is 14.8 Å². The molecule has 0 bridgehead atoms. The predicted octanol–water partition coefficient (Wildman–Crippen LogP) is 3.14. The highest BCUT2D eigenvalue weighted by Gasteiger charge is 2.22. The van der Waals surface area contributed by atoms with E-state index in [1.165, 1.54) is 28.2 Å². The number of benzene rings is 1. The van der Waals surface area contributed by atoms with E-state index in [9.17, 15) is 9.18 Å². The molecule has 0 unspecified atom stereocenters. The number of halogens is 1. The summed E-state index contributed by atoms with van der Waals surface area (Å²) in [4.78, 5) is 19.9. The Morgan fingerprint density at radius 1 is 1.14 bits per heavy atom. The first-order valence-corrected chi connectivity index (χ1v) is 10.0. The molecule has 3 aromatic heterocycles. The van der Waals surface area contributed by atoms with Gasteiger partial charge in [0.05, 0.1) is 30.7 Å². The number of fused-ring (bicyclic) bond motifs is 1. The molecule has 1 aromatic carbocycles. The van der Waals surface area contributed by atoms with Crippen molar-refractivity contribution in [2.45, 2.75) is 6.54 Å². The molecule has 4 aromatic rings. The number of furan rings is 1. The Bertz CT molecular complexity index is 1200. The maximum atomic E-state index is 13.2. The highest BCUT2D eigenvalue weighted by Crippen LogP contribution is 2.34. The summed E-state index contributed by atoms with van der Waals surface area (Å²) in [7, 11) is 0. The van der Waals surface area contributed by atoms with Gasteiger partial charge in [-0.05, 0) is 29.8 Å². The van der Waals surface area contributed by atoms with Gasteiger partial charge in [-0.1, -0.05) is 23.5 Å². The van der Waals surface area contributed by atoms with Gasteiger partial charge in [-0.15, -0.1) is 0 Å². The van der Waals surface area contributed by atoms with Crippen LogP contribution in [0, 0.1) is 5.82 Å². The number of anilines is 1. The van der Waals surface area contributed by atoms with Crippen LogP contribution in [0.3, 0.4) is 0 Å². The maximum Gasteiger partial charge on any atom is 0.294 e. The topological polar surface area (TPSA) is 73.4 Å². The monoisotopic (exact) mass is 412 g/mol. The average molecular weight is 412 g/mol. The van der Waals surface area contributed by atoms with Crippen molar-refractivity contribution in [1.29, 1.82) is 0 Å². The number of nitrogens with zero attached hydrogens (tertiary/aromatic N) is 4. The highest BCUT2D eigenvalue weighted by atomic mass is 32.1. The Balaban J connectivity index is 1.64. The fourth-order valence-corrected chi connectivity index (χ4v) is 4.38. The Morgan fingerprint density at radius 3 is 2.66 bits per heavy atom. The summed E-state index contributed by atoms with van der Waals surface area (Å²) in [5, 5.41) is 5.34. The van der Waals surface area contributed by atoms with E-state index >= 15 is 0 Å². The number of hydrogen-bond acceptors (Lipinski definition) is 7. The molecule has 9 heteroatoms. The molecule has 0 atom stereocenters. The number of ether oxygens (including phenoxy) is 1. The van der Waals surface area contributed by atoms with Crippen molar-refractivity contribution in [2.24, 2.45) is 0 Å². The normalized spacial score (nSPS) is 14.6. The molecule has 5 rings (SSSR count). The lowest BCUT2D eigenvalue weighted by atomic mass is 10.2. The van der Waals surface area contributed by atoms with Crippen LogP contribution in [0.5, 0.6) is 0 Å². The van der Waals surface area contributed by atoms with Crippen molar-refractivity contribution >= 4 is 26.7 Å². The lowest BCUT2D eigenvalue weighted by Gasteiger charge is -2.25. The van der Waals surface area contributed by atoms with Crippen LogP contribution < -0.4 is 10.5 Å². The molecule has 0 spiro atoms. The zero-order chi connectivity index (χ0) is 19.8. The standard InChI is InChI=1S/C20H17FN4O3S/c21-14-5-3-13(4-6-14)12-25-19(26)17-18(16(23-25)15-2-1-9-28-15)29-20(22-17)24-7-10-27-11-8-24/h1-6,9H,7-8,10-12H2. The van der Waals surface area contributed by atoms with Crippen LogP contribution >= 0.6 is 11.3 Å². The molecule has 1 aliphatic heterocycles. The van der Waals surface area contributed by atoms with Gasteiger partial charge in [-0.2, -0.15) is 5.10 Å². The lowest BCUT2D eigenvalue weighted by molar-refractivity contribution is 0.122. The highest BCUT2D eigenvalue weighted by molar-refractivity contribution is 7.22. The van der Waals surface area contributed by atoms with Gasteiger partial charge in [0.2, 0.25) is 0 Å². The third-order valence-electron chi connectivity index (χ3n) is 4.77. The molecule has 29 heavy (non-hydrogen) atoms. The van der Waals surface area contributed by atoms with Crippen molar-refractivity contribution in [3.63, 3.8) is 0 Å². The van der Waals surface area contributed by atoms with Gasteiger partial charge in [-0.25, -0.2) is 14.1 Å². The van der Waals surface area contributed by atoms with Crippen LogP contribution in [0.4, 0.5) is 9.52 Å². The Labute approximate surface area is 169 Å². The molecular weight excluding hydrogens is 395 g/mol. The van der Waals surface area contributed by atoms with Crippen molar-refractivity contribution < 1.29 is 13.5 Å². The average Bonchev–Trinajstić information content (AvgIpc) is 3.43. The predicted molar refractivity (Wildman–Crippen MR) is 108 cm³/mol. The van der Waals surface area contributed by atoms with Crippen LogP contribution in [0.25, 0.3) is 21.7 Å². The second kappa shape index (κ2) is 7.41. The van der Waals surface area contributed by atoms with Gasteiger partial charge in [-0.3, -0.25) is 4.79 Å². The minimum atomic E-state index is -0.324. The van der Waals surface area contributed by atoms with E-state index in [4.69, 9.17) is 9.15 Å². The van der Waals surface area contributed by atoms with Gasteiger partial charge in [0.25, 0.3) is 5.56 Å². The van der Waals surface area contributed by atoms with E-state index < -0.39 is 0 Å². The van der Waals surface area contributed by atoms with Gasteiger partial charge in [0.1, 0.15) is 11.5 Å². The van der Waals surface area contributed by atoms with Gasteiger partial charge < -0.3 is 14.1 Å². The fourth-order valence-electron chi connectivity index (χ4n) is 3.28.